The Bertz CT molecular complexity index is 285. The molecule has 0 spiro atoms. The van der Waals surface area contributed by atoms with Crippen LogP contribution in [-0.2, 0) is 9.53 Å². The van der Waals surface area contributed by atoms with Gasteiger partial charge in [-0.15, -0.1) is 0 Å². The molecule has 106 valence electrons. The second-order valence-electron chi connectivity index (χ2n) is 5.49. The van der Waals surface area contributed by atoms with Crippen molar-refractivity contribution in [3.05, 3.63) is 0 Å². The zero-order valence-corrected chi connectivity index (χ0v) is 11.9. The molecular weight excluding hydrogens is 234 g/mol. The topological polar surface area (TPSA) is 93.4 Å². The summed E-state index contributed by atoms with van der Waals surface area (Å²) in [6.07, 6.45) is -0.0532. The Morgan fingerprint density at radius 3 is 2.22 bits per heavy atom. The Balaban J connectivity index is 4.00. The van der Waals surface area contributed by atoms with Crippen LogP contribution in [0.15, 0.2) is 0 Å². The molecule has 0 aliphatic heterocycles. The highest BCUT2D eigenvalue weighted by Crippen LogP contribution is 2.06. The summed E-state index contributed by atoms with van der Waals surface area (Å²) >= 11 is 0. The van der Waals surface area contributed by atoms with Crippen molar-refractivity contribution >= 4 is 12.0 Å². The fourth-order valence-corrected chi connectivity index (χ4v) is 1.34. The van der Waals surface area contributed by atoms with Gasteiger partial charge in [0.25, 0.3) is 0 Å². The van der Waals surface area contributed by atoms with Gasteiger partial charge in [0.1, 0.15) is 5.60 Å². The molecule has 0 heterocycles. The minimum absolute atomic E-state index is 0.157. The molecule has 0 saturated heterocycles. The number of ether oxygens (including phenoxy) is 1. The summed E-state index contributed by atoms with van der Waals surface area (Å²) in [6, 6.07) is -0.288. The minimum atomic E-state index is -0.524. The standard InChI is InChI=1S/C12H25N3O3/c1-8(2)15-9(10(13)16)6-7-14-11(17)18-12(3,4)5/h8-9,15H,6-7H2,1-5H3,(H2,13,16)(H,14,17). The molecule has 0 bridgehead atoms. The summed E-state index contributed by atoms with van der Waals surface area (Å²) in [5, 5.41) is 5.62. The fraction of sp³-hybridized carbons (Fsp3) is 0.833. The summed E-state index contributed by atoms with van der Waals surface area (Å²) < 4.78 is 5.07. The van der Waals surface area contributed by atoms with Crippen LogP contribution in [0.25, 0.3) is 0 Å². The number of carbonyl (C=O) groups is 2. The van der Waals surface area contributed by atoms with E-state index in [0.29, 0.717) is 13.0 Å². The first kappa shape index (κ1) is 16.7. The Morgan fingerprint density at radius 1 is 1.28 bits per heavy atom. The van der Waals surface area contributed by atoms with Crippen LogP contribution in [0.5, 0.6) is 0 Å². The average molecular weight is 259 g/mol. The van der Waals surface area contributed by atoms with Crippen molar-refractivity contribution in [3.8, 4) is 0 Å². The first-order valence-corrected chi connectivity index (χ1v) is 6.14. The summed E-state index contributed by atoms with van der Waals surface area (Å²) in [6.45, 7) is 9.56. The zero-order valence-electron chi connectivity index (χ0n) is 11.9. The first-order chi connectivity index (χ1) is 8.11. The molecule has 0 fully saturated rings. The van der Waals surface area contributed by atoms with E-state index in [1.807, 2.05) is 13.8 Å². The molecule has 6 nitrogen and oxygen atoms in total. The first-order valence-electron chi connectivity index (χ1n) is 6.14. The van der Waals surface area contributed by atoms with Gasteiger partial charge >= 0.3 is 6.09 Å². The van der Waals surface area contributed by atoms with Crippen LogP contribution < -0.4 is 16.4 Å². The van der Waals surface area contributed by atoms with Crippen LogP contribution in [0.1, 0.15) is 41.0 Å². The number of hydrogen-bond acceptors (Lipinski definition) is 4. The molecule has 1 unspecified atom stereocenters. The number of nitrogens with one attached hydrogen (secondary N) is 2. The molecule has 4 N–H and O–H groups in total. The normalized spacial score (nSPS) is 13.2. The second kappa shape index (κ2) is 7.20. The summed E-state index contributed by atoms with van der Waals surface area (Å²) in [4.78, 5) is 22.5. The fourth-order valence-electron chi connectivity index (χ4n) is 1.34. The van der Waals surface area contributed by atoms with E-state index in [4.69, 9.17) is 10.5 Å². The highest BCUT2D eigenvalue weighted by atomic mass is 16.6. The summed E-state index contributed by atoms with van der Waals surface area (Å²) in [7, 11) is 0. The number of primary amides is 1. The molecule has 6 heteroatoms. The highest BCUT2D eigenvalue weighted by Gasteiger charge is 2.18. The minimum Gasteiger partial charge on any atom is -0.444 e. The molecule has 1 atom stereocenters. The lowest BCUT2D eigenvalue weighted by Crippen LogP contribution is -2.46. The van der Waals surface area contributed by atoms with Crippen molar-refractivity contribution in [2.24, 2.45) is 5.73 Å². The molecule has 0 rings (SSSR count). The van der Waals surface area contributed by atoms with Gasteiger partial charge in [-0.2, -0.15) is 0 Å². The van der Waals surface area contributed by atoms with Gasteiger partial charge in [0.15, 0.2) is 0 Å². The molecule has 0 saturated carbocycles. The van der Waals surface area contributed by atoms with Gasteiger partial charge in [-0.1, -0.05) is 13.8 Å². The van der Waals surface area contributed by atoms with Gasteiger partial charge in [-0.25, -0.2) is 4.79 Å². The molecule has 0 aliphatic carbocycles. The van der Waals surface area contributed by atoms with E-state index >= 15 is 0 Å². The molecule has 0 aliphatic rings. The lowest BCUT2D eigenvalue weighted by atomic mass is 10.1. The van der Waals surface area contributed by atoms with E-state index in [1.165, 1.54) is 0 Å². The smallest absolute Gasteiger partial charge is 0.407 e. The van der Waals surface area contributed by atoms with E-state index in [9.17, 15) is 9.59 Å². The van der Waals surface area contributed by atoms with Crippen molar-refractivity contribution in [3.63, 3.8) is 0 Å². The third kappa shape index (κ3) is 8.81. The molecule has 0 aromatic carbocycles. The predicted molar refractivity (Wildman–Crippen MR) is 70.1 cm³/mol. The van der Waals surface area contributed by atoms with Crippen LogP contribution in [0, 0.1) is 0 Å². The predicted octanol–water partition coefficient (Wildman–Crippen LogP) is 0.753. The van der Waals surface area contributed by atoms with Gasteiger partial charge in [-0.3, -0.25) is 4.79 Å². The lowest BCUT2D eigenvalue weighted by molar-refractivity contribution is -0.120. The van der Waals surface area contributed by atoms with Crippen LogP contribution in [0.3, 0.4) is 0 Å². The Kier molecular flexibility index (Phi) is 6.68. The molecule has 0 aromatic heterocycles. The largest absolute Gasteiger partial charge is 0.444 e. The van der Waals surface area contributed by atoms with Crippen molar-refractivity contribution in [1.82, 2.24) is 10.6 Å². The van der Waals surface area contributed by atoms with Gasteiger partial charge in [0.2, 0.25) is 5.91 Å². The SMILES string of the molecule is CC(C)NC(CCNC(=O)OC(C)(C)C)C(N)=O. The summed E-state index contributed by atoms with van der Waals surface area (Å²) in [5.41, 5.74) is 4.73. The molecule has 18 heavy (non-hydrogen) atoms. The maximum Gasteiger partial charge on any atom is 0.407 e. The van der Waals surface area contributed by atoms with Gasteiger partial charge in [-0.05, 0) is 27.2 Å². The number of rotatable bonds is 6. The zero-order chi connectivity index (χ0) is 14.3. The average Bonchev–Trinajstić information content (AvgIpc) is 2.12. The summed E-state index contributed by atoms with van der Waals surface area (Å²) in [5.74, 6) is -0.422. The number of nitrogens with two attached hydrogens (primary N) is 1. The van der Waals surface area contributed by atoms with Crippen LogP contribution in [0.2, 0.25) is 0 Å². The van der Waals surface area contributed by atoms with Gasteiger partial charge < -0.3 is 21.1 Å². The van der Waals surface area contributed by atoms with Crippen molar-refractivity contribution in [1.29, 1.82) is 0 Å². The monoisotopic (exact) mass is 259 g/mol. The van der Waals surface area contributed by atoms with E-state index in [0.717, 1.165) is 0 Å². The number of alkyl carbamates (subject to hydrolysis) is 1. The van der Waals surface area contributed by atoms with E-state index in [2.05, 4.69) is 10.6 Å². The maximum atomic E-state index is 11.4. The highest BCUT2D eigenvalue weighted by molar-refractivity contribution is 5.80. The Hall–Kier alpha value is -1.30. The third-order valence-electron chi connectivity index (χ3n) is 1.98. The van der Waals surface area contributed by atoms with Crippen molar-refractivity contribution in [2.45, 2.75) is 58.7 Å². The number of carbonyl (C=O) groups excluding carboxylic acids is 2. The van der Waals surface area contributed by atoms with Crippen LogP contribution in [-0.4, -0.2) is 36.2 Å². The van der Waals surface area contributed by atoms with E-state index < -0.39 is 23.6 Å². The third-order valence-corrected chi connectivity index (χ3v) is 1.98. The van der Waals surface area contributed by atoms with E-state index in [-0.39, 0.29) is 6.04 Å². The van der Waals surface area contributed by atoms with Gasteiger partial charge in [0, 0.05) is 12.6 Å². The number of hydrogen-bond donors (Lipinski definition) is 3. The van der Waals surface area contributed by atoms with Crippen molar-refractivity contribution < 1.29 is 14.3 Å². The molecule has 2 amide bonds. The number of amides is 2. The Labute approximate surface area is 109 Å². The maximum absolute atomic E-state index is 11.4. The molecule has 0 radical (unpaired) electrons. The second-order valence-corrected chi connectivity index (χ2v) is 5.49. The quantitative estimate of drug-likeness (QED) is 0.656. The van der Waals surface area contributed by atoms with E-state index in [1.54, 1.807) is 20.8 Å². The molecular formula is C12H25N3O3. The lowest BCUT2D eigenvalue weighted by Gasteiger charge is -2.21. The van der Waals surface area contributed by atoms with Crippen LogP contribution in [0.4, 0.5) is 4.79 Å². The Morgan fingerprint density at radius 2 is 1.83 bits per heavy atom. The van der Waals surface area contributed by atoms with Crippen molar-refractivity contribution in [2.75, 3.05) is 6.54 Å². The van der Waals surface area contributed by atoms with Gasteiger partial charge in [0.05, 0.1) is 6.04 Å². The molecule has 0 aromatic rings. The van der Waals surface area contributed by atoms with Crippen LogP contribution >= 0.6 is 0 Å².